The van der Waals surface area contributed by atoms with E-state index in [0.29, 0.717) is 11.8 Å². The third-order valence-electron chi connectivity index (χ3n) is 5.03. The normalized spacial score (nSPS) is 11.8. The molecule has 0 atom stereocenters. The first-order chi connectivity index (χ1) is 14.6. The zero-order valence-electron chi connectivity index (χ0n) is 18.4. The Labute approximate surface area is 209 Å². The average molecular weight is 456 g/mol. The molecule has 6 nitrogen and oxygen atoms in total. The largest absolute Gasteiger partial charge is 1.00 e. The quantitative estimate of drug-likeness (QED) is 0.345. The summed E-state index contributed by atoms with van der Waals surface area (Å²) in [6, 6.07) is 21.4. The van der Waals surface area contributed by atoms with Gasteiger partial charge in [0.2, 0.25) is 11.8 Å². The van der Waals surface area contributed by atoms with E-state index in [9.17, 15) is 13.0 Å². The summed E-state index contributed by atoms with van der Waals surface area (Å²) in [5.74, 6) is 0.864. The fourth-order valence-electron chi connectivity index (χ4n) is 3.19. The van der Waals surface area contributed by atoms with Crippen LogP contribution in [0.5, 0.6) is 0 Å². The van der Waals surface area contributed by atoms with Gasteiger partial charge < -0.3 is 8.97 Å². The van der Waals surface area contributed by atoms with Gasteiger partial charge in [-0.3, -0.25) is 0 Å². The van der Waals surface area contributed by atoms with Gasteiger partial charge in [-0.15, -0.1) is 10.2 Å². The van der Waals surface area contributed by atoms with Crippen molar-refractivity contribution in [2.24, 2.45) is 0 Å². The Morgan fingerprint density at radius 3 is 1.47 bits per heavy atom. The summed E-state index contributed by atoms with van der Waals surface area (Å²) in [5, 5.41) is 8.32. The topological polar surface area (TPSA) is 96.1 Å². The molecule has 4 aromatic rings. The van der Waals surface area contributed by atoms with E-state index in [4.69, 9.17) is 4.42 Å². The Bertz CT molecular complexity index is 1310. The van der Waals surface area contributed by atoms with Crippen LogP contribution in [0.4, 0.5) is 0 Å². The molecule has 0 saturated carbocycles. The van der Waals surface area contributed by atoms with Crippen LogP contribution >= 0.6 is 0 Å². The van der Waals surface area contributed by atoms with E-state index in [-0.39, 0.29) is 39.9 Å². The first-order valence-electron chi connectivity index (χ1n) is 9.72. The van der Waals surface area contributed by atoms with Crippen LogP contribution in [-0.4, -0.2) is 23.2 Å². The Hall–Kier alpha value is -2.29. The molecule has 158 valence electrons. The molecule has 0 saturated heterocycles. The van der Waals surface area contributed by atoms with E-state index in [0.717, 1.165) is 22.3 Å². The van der Waals surface area contributed by atoms with Crippen molar-refractivity contribution in [3.05, 3.63) is 78.4 Å². The summed E-state index contributed by atoms with van der Waals surface area (Å²) in [4.78, 5) is -0.248. The van der Waals surface area contributed by atoms with Crippen molar-refractivity contribution in [1.82, 2.24) is 10.2 Å². The van der Waals surface area contributed by atoms with E-state index in [1.165, 1.54) is 17.7 Å². The summed E-state index contributed by atoms with van der Waals surface area (Å²) in [5.41, 5.74) is 4.60. The monoisotopic (exact) mass is 456 g/mol. The van der Waals surface area contributed by atoms with E-state index >= 15 is 0 Å². The maximum Gasteiger partial charge on any atom is 1.00 e. The van der Waals surface area contributed by atoms with Gasteiger partial charge in [0, 0.05) is 11.1 Å². The second-order valence-corrected chi connectivity index (χ2v) is 9.68. The van der Waals surface area contributed by atoms with Crippen molar-refractivity contribution in [3.8, 4) is 34.0 Å². The number of benzene rings is 3. The minimum Gasteiger partial charge on any atom is -0.744 e. The van der Waals surface area contributed by atoms with Gasteiger partial charge in [-0.1, -0.05) is 57.2 Å². The summed E-state index contributed by atoms with van der Waals surface area (Å²) < 4.78 is 39.1. The van der Waals surface area contributed by atoms with E-state index < -0.39 is 10.1 Å². The molecular formula is C24H21N2NaO4S. The second kappa shape index (κ2) is 9.29. The van der Waals surface area contributed by atoms with Crippen LogP contribution in [0.3, 0.4) is 0 Å². The number of nitrogens with zero attached hydrogens (tertiary/aromatic N) is 2. The molecule has 0 aliphatic carbocycles. The van der Waals surface area contributed by atoms with Gasteiger partial charge in [-0.05, 0) is 58.5 Å². The zero-order chi connectivity index (χ0) is 22.2. The van der Waals surface area contributed by atoms with E-state index in [1.54, 1.807) is 12.1 Å². The van der Waals surface area contributed by atoms with Crippen molar-refractivity contribution < 1.29 is 46.9 Å². The fraction of sp³-hybridized carbons (Fsp3) is 0.167. The van der Waals surface area contributed by atoms with Gasteiger partial charge in [0.1, 0.15) is 10.1 Å². The number of hydrogen-bond acceptors (Lipinski definition) is 6. The van der Waals surface area contributed by atoms with Crippen molar-refractivity contribution in [1.29, 1.82) is 0 Å². The Morgan fingerprint density at radius 1 is 0.688 bits per heavy atom. The maximum atomic E-state index is 11.1. The van der Waals surface area contributed by atoms with Crippen LogP contribution in [0.25, 0.3) is 34.0 Å². The van der Waals surface area contributed by atoms with Crippen LogP contribution in [0, 0.1) is 0 Å². The molecule has 32 heavy (non-hydrogen) atoms. The minimum absolute atomic E-state index is 0. The average Bonchev–Trinajstić information content (AvgIpc) is 3.23. The molecular weight excluding hydrogens is 435 g/mol. The fourth-order valence-corrected chi connectivity index (χ4v) is 3.66. The third-order valence-corrected chi connectivity index (χ3v) is 5.88. The molecule has 0 radical (unpaired) electrons. The van der Waals surface area contributed by atoms with Gasteiger partial charge in [0.05, 0.1) is 4.90 Å². The summed E-state index contributed by atoms with van der Waals surface area (Å²) in [7, 11) is -4.45. The number of rotatable bonds is 4. The van der Waals surface area contributed by atoms with Crippen molar-refractivity contribution in [3.63, 3.8) is 0 Å². The molecule has 0 bridgehead atoms. The first-order valence-corrected chi connectivity index (χ1v) is 11.1. The molecule has 0 aliphatic rings. The Kier molecular flexibility index (Phi) is 7.07. The Morgan fingerprint density at radius 2 is 1.06 bits per heavy atom. The van der Waals surface area contributed by atoms with Crippen molar-refractivity contribution in [2.45, 2.75) is 31.1 Å². The maximum absolute atomic E-state index is 11.1. The van der Waals surface area contributed by atoms with Crippen LogP contribution in [0.1, 0.15) is 26.3 Å². The summed E-state index contributed by atoms with van der Waals surface area (Å²) in [6.45, 7) is 6.49. The van der Waals surface area contributed by atoms with Crippen molar-refractivity contribution >= 4 is 10.1 Å². The molecule has 0 N–H and O–H groups in total. The molecule has 0 amide bonds. The van der Waals surface area contributed by atoms with Crippen LogP contribution < -0.4 is 29.6 Å². The van der Waals surface area contributed by atoms with E-state index in [2.05, 4.69) is 43.1 Å². The molecule has 0 fully saturated rings. The first kappa shape index (κ1) is 24.4. The molecule has 1 aromatic heterocycles. The van der Waals surface area contributed by atoms with Gasteiger partial charge in [0.15, 0.2) is 0 Å². The van der Waals surface area contributed by atoms with Crippen LogP contribution in [0.15, 0.2) is 82.1 Å². The van der Waals surface area contributed by atoms with Gasteiger partial charge in [-0.2, -0.15) is 0 Å². The summed E-state index contributed by atoms with van der Waals surface area (Å²) >= 11 is 0. The molecule has 0 unspecified atom stereocenters. The molecule has 0 spiro atoms. The number of hydrogen-bond donors (Lipinski definition) is 0. The predicted octanol–water partition coefficient (Wildman–Crippen LogP) is 2.28. The van der Waals surface area contributed by atoms with Gasteiger partial charge in [0.25, 0.3) is 0 Å². The number of aromatic nitrogens is 2. The van der Waals surface area contributed by atoms with Gasteiger partial charge >= 0.3 is 29.6 Å². The Balaban J connectivity index is 0.00000289. The van der Waals surface area contributed by atoms with E-state index in [1.807, 2.05) is 36.4 Å². The smallest absolute Gasteiger partial charge is 0.744 e. The van der Waals surface area contributed by atoms with Crippen LogP contribution in [-0.2, 0) is 15.5 Å². The standard InChI is InChI=1S/C24H22N2O4S.Na/c1-24(2,3)20-12-8-19(9-13-20)23-26-25-22(30-23)18-6-4-16(5-7-18)17-10-14-21(15-11-17)31(27,28)29;/h4-15H,1-3H3,(H,27,28,29);/q;+1/p-1. The third kappa shape index (κ3) is 5.36. The molecule has 0 aliphatic heterocycles. The molecule has 8 heteroatoms. The molecule has 1 heterocycles. The summed E-state index contributed by atoms with van der Waals surface area (Å²) in [6.07, 6.45) is 0. The molecule has 3 aromatic carbocycles. The second-order valence-electron chi connectivity index (χ2n) is 8.30. The van der Waals surface area contributed by atoms with Crippen molar-refractivity contribution in [2.75, 3.05) is 0 Å². The zero-order valence-corrected chi connectivity index (χ0v) is 21.2. The van der Waals surface area contributed by atoms with Crippen LogP contribution in [0.2, 0.25) is 0 Å². The molecule has 4 rings (SSSR count). The minimum atomic E-state index is -4.45. The predicted molar refractivity (Wildman–Crippen MR) is 117 cm³/mol. The SMILES string of the molecule is CC(C)(C)c1ccc(-c2nnc(-c3ccc(-c4ccc(S(=O)(=O)[O-])cc4)cc3)o2)cc1.[Na+]. The van der Waals surface area contributed by atoms with Gasteiger partial charge in [-0.25, -0.2) is 8.42 Å².